The van der Waals surface area contributed by atoms with Gasteiger partial charge in [-0.2, -0.15) is 21.6 Å². The predicted octanol–water partition coefficient (Wildman–Crippen LogP) is 5.14. The fourth-order valence-electron chi connectivity index (χ4n) is 4.28. The van der Waals surface area contributed by atoms with E-state index in [0.29, 0.717) is 5.69 Å². The van der Waals surface area contributed by atoms with Gasteiger partial charge >= 0.3 is 21.6 Å². The molecule has 1 aliphatic heterocycles. The van der Waals surface area contributed by atoms with E-state index in [9.17, 15) is 36.0 Å². The number of nitrogens with zero attached hydrogens (tertiary/aromatic N) is 1. The Morgan fingerprint density at radius 3 is 1.97 bits per heavy atom. The highest BCUT2D eigenvalue weighted by atomic mass is 32.2. The smallest absolute Gasteiger partial charge is 0.424 e. The first-order valence-electron chi connectivity index (χ1n) is 11.1. The van der Waals surface area contributed by atoms with E-state index in [2.05, 4.69) is 4.18 Å². The van der Waals surface area contributed by atoms with Crippen LogP contribution in [0.5, 0.6) is 11.5 Å². The highest BCUT2D eigenvalue weighted by molar-refractivity contribution is 7.88. The second-order valence-electron chi connectivity index (χ2n) is 8.44. The third kappa shape index (κ3) is 4.62. The average Bonchev–Trinajstić information content (AvgIpc) is 2.83. The molecule has 0 aliphatic carbocycles. The van der Waals surface area contributed by atoms with E-state index in [1.54, 1.807) is 30.1 Å². The Balaban J connectivity index is 1.93. The number of carbonyl (C=O) groups excluding carboxylic acids is 3. The summed E-state index contributed by atoms with van der Waals surface area (Å²) in [6, 6.07) is 14.4. The Morgan fingerprint density at radius 2 is 1.39 bits per heavy atom. The standard InChI is InChI=1S/C26H20F3NO7S/c1-14(31)16-9-6-10-17(15(2)32)24(16)36-25(33)22-18-8-4-5-11-19(18)30(3)20-12-7-13-21(23(20)22)37-38(34,35)26(27,28)29/h4-13,22H,1-3H3. The Labute approximate surface area is 215 Å². The largest absolute Gasteiger partial charge is 0.534 e. The molecule has 0 fully saturated rings. The van der Waals surface area contributed by atoms with Crippen LogP contribution < -0.4 is 13.8 Å². The van der Waals surface area contributed by atoms with E-state index in [1.807, 2.05) is 0 Å². The van der Waals surface area contributed by atoms with Gasteiger partial charge in [-0.15, -0.1) is 0 Å². The maximum Gasteiger partial charge on any atom is 0.534 e. The summed E-state index contributed by atoms with van der Waals surface area (Å²) in [6.45, 7) is 2.43. The number of hydrogen-bond acceptors (Lipinski definition) is 8. The summed E-state index contributed by atoms with van der Waals surface area (Å²) in [7, 11) is -4.50. The van der Waals surface area contributed by atoms with Gasteiger partial charge in [0, 0.05) is 24.0 Å². The number of fused-ring (bicyclic) bond motifs is 2. The van der Waals surface area contributed by atoms with Crippen molar-refractivity contribution in [3.05, 3.63) is 82.9 Å². The molecular weight excluding hydrogens is 527 g/mol. The number of rotatable bonds is 6. The number of carbonyl (C=O) groups is 3. The molecule has 3 aromatic rings. The van der Waals surface area contributed by atoms with Gasteiger partial charge in [0.25, 0.3) is 0 Å². The number of alkyl halides is 3. The zero-order chi connectivity index (χ0) is 28.0. The van der Waals surface area contributed by atoms with Crippen LogP contribution in [0.4, 0.5) is 24.5 Å². The van der Waals surface area contributed by atoms with Crippen molar-refractivity contribution in [3.63, 3.8) is 0 Å². The average molecular weight is 548 g/mol. The second-order valence-corrected chi connectivity index (χ2v) is 9.98. The number of ketones is 2. The van der Waals surface area contributed by atoms with Crippen LogP contribution in [-0.2, 0) is 14.9 Å². The Hall–Kier alpha value is -4.19. The highest BCUT2D eigenvalue weighted by Gasteiger charge is 2.49. The van der Waals surface area contributed by atoms with Gasteiger partial charge in [-0.1, -0.05) is 30.3 Å². The van der Waals surface area contributed by atoms with E-state index < -0.39 is 44.8 Å². The molecule has 38 heavy (non-hydrogen) atoms. The lowest BCUT2D eigenvalue weighted by atomic mass is 9.84. The molecule has 0 radical (unpaired) electrons. The van der Waals surface area contributed by atoms with Gasteiger partial charge in [0.2, 0.25) is 0 Å². The summed E-state index contributed by atoms with van der Waals surface area (Å²) < 4.78 is 73.4. The van der Waals surface area contributed by atoms with Crippen LogP contribution in [0.2, 0.25) is 0 Å². The number of halogens is 3. The molecule has 198 valence electrons. The topological polar surface area (TPSA) is 107 Å². The normalized spacial score (nSPS) is 14.8. The van der Waals surface area contributed by atoms with Crippen molar-refractivity contribution in [2.75, 3.05) is 11.9 Å². The lowest BCUT2D eigenvalue weighted by Gasteiger charge is -2.35. The first kappa shape index (κ1) is 26.9. The molecule has 0 spiro atoms. The number of hydrogen-bond donors (Lipinski definition) is 0. The Bertz CT molecular complexity index is 1550. The molecule has 1 atom stereocenters. The van der Waals surface area contributed by atoms with Crippen LogP contribution in [0.1, 0.15) is 51.6 Å². The quantitative estimate of drug-likeness (QED) is 0.137. The van der Waals surface area contributed by atoms with E-state index in [4.69, 9.17) is 4.74 Å². The van der Waals surface area contributed by atoms with E-state index in [-0.39, 0.29) is 33.7 Å². The van der Waals surface area contributed by atoms with Crippen molar-refractivity contribution in [1.29, 1.82) is 0 Å². The molecule has 0 saturated heterocycles. The molecular formula is C26H20F3NO7S. The lowest BCUT2D eigenvalue weighted by Crippen LogP contribution is -2.32. The first-order valence-corrected chi connectivity index (χ1v) is 12.5. The SMILES string of the molecule is CC(=O)c1cccc(C(C)=O)c1OC(=O)C1c2ccccc2N(C)c2cccc(OS(=O)(=O)C(F)(F)F)c21. The molecule has 0 aromatic heterocycles. The van der Waals surface area contributed by atoms with Gasteiger partial charge in [0.1, 0.15) is 11.7 Å². The van der Waals surface area contributed by atoms with Crippen LogP contribution in [0.25, 0.3) is 0 Å². The first-order chi connectivity index (χ1) is 17.7. The fourth-order valence-corrected chi connectivity index (χ4v) is 4.76. The van der Waals surface area contributed by atoms with Crippen molar-refractivity contribution in [1.82, 2.24) is 0 Å². The number of anilines is 2. The van der Waals surface area contributed by atoms with Crippen LogP contribution in [-0.4, -0.2) is 38.5 Å². The van der Waals surface area contributed by atoms with Crippen LogP contribution in [0.3, 0.4) is 0 Å². The number of para-hydroxylation sites is 2. The minimum atomic E-state index is -6.08. The minimum absolute atomic E-state index is 0.0586. The molecule has 1 aliphatic rings. The maximum absolute atomic E-state index is 13.8. The molecule has 1 unspecified atom stereocenters. The summed E-state index contributed by atoms with van der Waals surface area (Å²) in [5.41, 5.74) is -5.08. The monoisotopic (exact) mass is 547 g/mol. The third-order valence-electron chi connectivity index (χ3n) is 6.00. The van der Waals surface area contributed by atoms with Crippen molar-refractivity contribution in [3.8, 4) is 11.5 Å². The summed E-state index contributed by atoms with van der Waals surface area (Å²) >= 11 is 0. The number of esters is 1. The Morgan fingerprint density at radius 1 is 0.842 bits per heavy atom. The maximum atomic E-state index is 13.8. The van der Waals surface area contributed by atoms with Gasteiger partial charge < -0.3 is 13.8 Å². The van der Waals surface area contributed by atoms with E-state index in [0.717, 1.165) is 6.07 Å². The van der Waals surface area contributed by atoms with Gasteiger partial charge in [-0.3, -0.25) is 14.4 Å². The molecule has 3 aromatic carbocycles. The van der Waals surface area contributed by atoms with Gasteiger partial charge in [-0.25, -0.2) is 0 Å². The zero-order valence-corrected chi connectivity index (χ0v) is 21.0. The molecule has 0 amide bonds. The summed E-state index contributed by atoms with van der Waals surface area (Å²) in [4.78, 5) is 39.8. The molecule has 1 heterocycles. The van der Waals surface area contributed by atoms with E-state index in [1.165, 1.54) is 50.2 Å². The second kappa shape index (κ2) is 9.60. The van der Waals surface area contributed by atoms with Gasteiger partial charge in [0.05, 0.1) is 11.1 Å². The van der Waals surface area contributed by atoms with Crippen molar-refractivity contribution >= 4 is 39.0 Å². The summed E-state index contributed by atoms with van der Waals surface area (Å²) in [6.07, 6.45) is 0. The van der Waals surface area contributed by atoms with Gasteiger partial charge in [0.15, 0.2) is 17.3 Å². The van der Waals surface area contributed by atoms with Crippen molar-refractivity contribution < 1.29 is 44.9 Å². The summed E-state index contributed by atoms with van der Waals surface area (Å²) in [5.74, 6) is -4.58. The van der Waals surface area contributed by atoms with Gasteiger partial charge in [-0.05, 0) is 49.7 Å². The minimum Gasteiger partial charge on any atom is -0.424 e. The summed E-state index contributed by atoms with van der Waals surface area (Å²) in [5, 5.41) is 0. The van der Waals surface area contributed by atoms with Crippen LogP contribution in [0, 0.1) is 0 Å². The zero-order valence-electron chi connectivity index (χ0n) is 20.2. The predicted molar refractivity (Wildman–Crippen MR) is 130 cm³/mol. The molecule has 0 bridgehead atoms. The van der Waals surface area contributed by atoms with Crippen LogP contribution in [0.15, 0.2) is 60.7 Å². The number of benzene rings is 3. The van der Waals surface area contributed by atoms with Crippen molar-refractivity contribution in [2.24, 2.45) is 0 Å². The molecule has 4 rings (SSSR count). The molecule has 0 N–H and O–H groups in total. The van der Waals surface area contributed by atoms with Crippen molar-refractivity contribution in [2.45, 2.75) is 25.3 Å². The number of Topliss-reactive ketones (excluding diaryl/α,β-unsaturated/α-hetero) is 2. The molecule has 12 heteroatoms. The fraction of sp³-hybridized carbons (Fsp3) is 0.192. The molecule has 0 saturated carbocycles. The lowest BCUT2D eigenvalue weighted by molar-refractivity contribution is -0.135. The van der Waals surface area contributed by atoms with Crippen LogP contribution >= 0.6 is 0 Å². The number of ether oxygens (including phenoxy) is 1. The molecule has 8 nitrogen and oxygen atoms in total. The Kier molecular flexibility index (Phi) is 6.79. The van der Waals surface area contributed by atoms with E-state index >= 15 is 0 Å². The highest BCUT2D eigenvalue weighted by Crippen LogP contribution is 2.49. The third-order valence-corrected chi connectivity index (χ3v) is 6.96.